The fourth-order valence-corrected chi connectivity index (χ4v) is 5.76. The van der Waals surface area contributed by atoms with Gasteiger partial charge in [-0.15, -0.1) is 24.8 Å². The number of rotatable bonds is 6. The summed E-state index contributed by atoms with van der Waals surface area (Å²) in [6.45, 7) is 10.7. The molecule has 2 saturated heterocycles. The zero-order valence-corrected chi connectivity index (χ0v) is 24.8. The number of nitrogens with zero attached hydrogens (tertiary/aromatic N) is 5. The molecular formula is C32H37Cl2N5O. The van der Waals surface area contributed by atoms with E-state index >= 15 is 0 Å². The van der Waals surface area contributed by atoms with Crippen molar-refractivity contribution in [3.05, 3.63) is 95.7 Å². The van der Waals surface area contributed by atoms with Crippen LogP contribution in [0.3, 0.4) is 0 Å². The summed E-state index contributed by atoms with van der Waals surface area (Å²) in [5.41, 5.74) is 7.83. The van der Waals surface area contributed by atoms with Gasteiger partial charge in [0.2, 0.25) is 0 Å². The third-order valence-corrected chi connectivity index (χ3v) is 7.92. The molecule has 6 nitrogen and oxygen atoms in total. The quantitative estimate of drug-likeness (QED) is 0.262. The Morgan fingerprint density at radius 3 is 2.25 bits per heavy atom. The second kappa shape index (κ2) is 12.9. The highest BCUT2D eigenvalue weighted by Gasteiger charge is 2.31. The summed E-state index contributed by atoms with van der Waals surface area (Å²) in [6.07, 6.45) is 0.981. The van der Waals surface area contributed by atoms with Crippen LogP contribution in [-0.4, -0.2) is 61.7 Å². The average molecular weight is 579 g/mol. The number of carbonyl (C=O) groups is 1. The number of hydrogen-bond donors (Lipinski definition) is 0. The van der Waals surface area contributed by atoms with Gasteiger partial charge in [-0.05, 0) is 73.9 Å². The molecule has 0 radical (unpaired) electrons. The van der Waals surface area contributed by atoms with Gasteiger partial charge in [-0.1, -0.05) is 36.4 Å². The number of aryl methyl sites for hydroxylation is 2. The van der Waals surface area contributed by atoms with Crippen molar-refractivity contribution in [1.29, 1.82) is 0 Å². The second-order valence-electron chi connectivity index (χ2n) is 10.4. The molecule has 40 heavy (non-hydrogen) atoms. The number of hydrogen-bond acceptors (Lipinski definition) is 4. The number of aromatic nitrogens is 1. The summed E-state index contributed by atoms with van der Waals surface area (Å²) in [5.74, 6) is 0. The zero-order chi connectivity index (χ0) is 26.1. The van der Waals surface area contributed by atoms with E-state index in [1.165, 1.54) is 16.6 Å². The smallest absolute Gasteiger partial charge is 0.329 e. The van der Waals surface area contributed by atoms with Crippen LogP contribution in [0, 0.1) is 13.8 Å². The number of halogens is 2. The molecule has 0 bridgehead atoms. The summed E-state index contributed by atoms with van der Waals surface area (Å²) in [4.78, 5) is 26.8. The summed E-state index contributed by atoms with van der Waals surface area (Å²) in [7, 11) is 0. The Labute approximate surface area is 249 Å². The monoisotopic (exact) mass is 577 g/mol. The molecule has 1 aromatic heterocycles. The van der Waals surface area contributed by atoms with Gasteiger partial charge in [0.1, 0.15) is 0 Å². The lowest BCUT2D eigenvalue weighted by molar-refractivity contribution is 0.256. The van der Waals surface area contributed by atoms with Crippen molar-refractivity contribution in [3.63, 3.8) is 0 Å². The van der Waals surface area contributed by atoms with Crippen LogP contribution in [-0.2, 0) is 6.42 Å². The first-order chi connectivity index (χ1) is 18.6. The van der Waals surface area contributed by atoms with Crippen LogP contribution in [0.1, 0.15) is 16.8 Å². The Kier molecular flexibility index (Phi) is 9.56. The van der Waals surface area contributed by atoms with E-state index < -0.39 is 0 Å². The predicted octanol–water partition coefficient (Wildman–Crippen LogP) is 6.51. The third kappa shape index (κ3) is 6.04. The fraction of sp³-hybridized carbons (Fsp3) is 0.312. The van der Waals surface area contributed by atoms with Gasteiger partial charge >= 0.3 is 6.03 Å². The number of amides is 2. The van der Waals surface area contributed by atoms with E-state index in [1.807, 2.05) is 34.9 Å². The minimum absolute atomic E-state index is 0. The number of benzene rings is 3. The zero-order valence-electron chi connectivity index (χ0n) is 23.1. The van der Waals surface area contributed by atoms with Gasteiger partial charge in [0.05, 0.1) is 5.52 Å². The van der Waals surface area contributed by atoms with E-state index in [9.17, 15) is 4.79 Å². The van der Waals surface area contributed by atoms with Crippen molar-refractivity contribution in [2.45, 2.75) is 20.3 Å². The average Bonchev–Trinajstić information content (AvgIpc) is 3.33. The largest absolute Gasteiger partial charge is 0.368 e. The maximum Gasteiger partial charge on any atom is 0.329 e. The molecule has 8 heteroatoms. The van der Waals surface area contributed by atoms with Gasteiger partial charge in [-0.3, -0.25) is 19.7 Å². The SMILES string of the molecule is Cc1ccc2c(N3CCN(CCc4cccc(N5CCN(c6ccccc6C)C5=O)c4)CC3)cccc2n1.Cl.Cl. The lowest BCUT2D eigenvalue weighted by atomic mass is 10.1. The van der Waals surface area contributed by atoms with Crippen molar-refractivity contribution in [3.8, 4) is 0 Å². The number of fused-ring (bicyclic) bond motifs is 1. The highest BCUT2D eigenvalue weighted by molar-refractivity contribution is 6.06. The van der Waals surface area contributed by atoms with Crippen molar-refractivity contribution in [2.24, 2.45) is 0 Å². The minimum Gasteiger partial charge on any atom is -0.368 e. The van der Waals surface area contributed by atoms with Crippen LogP contribution >= 0.6 is 24.8 Å². The van der Waals surface area contributed by atoms with E-state index in [1.54, 1.807) is 0 Å². The molecule has 0 saturated carbocycles. The molecule has 2 fully saturated rings. The number of piperazine rings is 1. The van der Waals surface area contributed by atoms with Crippen molar-refractivity contribution >= 4 is 58.8 Å². The van der Waals surface area contributed by atoms with Crippen molar-refractivity contribution in [2.75, 3.05) is 60.5 Å². The number of pyridine rings is 1. The first-order valence-corrected chi connectivity index (χ1v) is 13.6. The highest BCUT2D eigenvalue weighted by Crippen LogP contribution is 2.29. The van der Waals surface area contributed by atoms with Gasteiger partial charge in [0, 0.05) is 74.0 Å². The summed E-state index contributed by atoms with van der Waals surface area (Å²) >= 11 is 0. The second-order valence-corrected chi connectivity index (χ2v) is 10.4. The number of anilines is 3. The third-order valence-electron chi connectivity index (χ3n) is 7.92. The molecule has 3 heterocycles. The molecule has 0 spiro atoms. The first-order valence-electron chi connectivity index (χ1n) is 13.6. The topological polar surface area (TPSA) is 42.9 Å². The predicted molar refractivity (Wildman–Crippen MR) is 171 cm³/mol. The molecule has 2 amide bonds. The van der Waals surface area contributed by atoms with E-state index in [2.05, 4.69) is 77.4 Å². The van der Waals surface area contributed by atoms with Crippen molar-refractivity contribution < 1.29 is 4.79 Å². The molecule has 2 aliphatic heterocycles. The molecule has 210 valence electrons. The van der Waals surface area contributed by atoms with E-state index in [0.717, 1.165) is 67.3 Å². The minimum atomic E-state index is 0. The maximum atomic E-state index is 13.3. The Balaban J connectivity index is 0.00000185. The fourth-order valence-electron chi connectivity index (χ4n) is 5.76. The number of para-hydroxylation sites is 1. The lowest BCUT2D eigenvalue weighted by Gasteiger charge is -2.36. The normalized spacial score (nSPS) is 15.8. The molecule has 3 aromatic carbocycles. The van der Waals surface area contributed by atoms with E-state index in [4.69, 9.17) is 4.98 Å². The van der Waals surface area contributed by atoms with Crippen LogP contribution in [0.15, 0.2) is 78.9 Å². The summed E-state index contributed by atoms with van der Waals surface area (Å²) < 4.78 is 0. The lowest BCUT2D eigenvalue weighted by Crippen LogP contribution is -2.47. The molecule has 0 N–H and O–H groups in total. The van der Waals surface area contributed by atoms with Crippen LogP contribution in [0.5, 0.6) is 0 Å². The molecule has 0 unspecified atom stereocenters. The van der Waals surface area contributed by atoms with E-state index in [-0.39, 0.29) is 30.8 Å². The summed E-state index contributed by atoms with van der Waals surface area (Å²) in [6, 6.07) is 27.4. The van der Waals surface area contributed by atoms with Crippen molar-refractivity contribution in [1.82, 2.24) is 9.88 Å². The van der Waals surface area contributed by atoms with Crippen LogP contribution in [0.2, 0.25) is 0 Å². The van der Waals surface area contributed by atoms with Gasteiger partial charge in [0.25, 0.3) is 0 Å². The molecular weight excluding hydrogens is 541 g/mol. The highest BCUT2D eigenvalue weighted by atomic mass is 35.5. The van der Waals surface area contributed by atoms with Crippen LogP contribution in [0.25, 0.3) is 10.9 Å². The Hall–Kier alpha value is -3.32. The Morgan fingerprint density at radius 2 is 1.45 bits per heavy atom. The van der Waals surface area contributed by atoms with Gasteiger partial charge in [0.15, 0.2) is 0 Å². The molecule has 4 aromatic rings. The standard InChI is InChI=1S/C32H35N5O.2ClH/c1-24-7-3-4-11-30(24)37-22-21-36(32(37)38)27-9-5-8-26(23-27)15-16-34-17-19-35(20-18-34)31-12-6-10-29-28(31)14-13-25(2)33-29;;/h3-14,23H,15-22H2,1-2H3;2*1H. The summed E-state index contributed by atoms with van der Waals surface area (Å²) in [5, 5.41) is 1.24. The van der Waals surface area contributed by atoms with Crippen LogP contribution in [0.4, 0.5) is 21.9 Å². The Morgan fingerprint density at radius 1 is 0.725 bits per heavy atom. The molecule has 2 aliphatic rings. The van der Waals surface area contributed by atoms with Gasteiger partial charge in [-0.2, -0.15) is 0 Å². The van der Waals surface area contributed by atoms with E-state index in [0.29, 0.717) is 13.1 Å². The van der Waals surface area contributed by atoms with Gasteiger partial charge in [-0.25, -0.2) is 4.79 Å². The number of urea groups is 1. The maximum absolute atomic E-state index is 13.3. The molecule has 0 atom stereocenters. The first kappa shape index (κ1) is 29.7. The number of carbonyl (C=O) groups excluding carboxylic acids is 1. The van der Waals surface area contributed by atoms with Gasteiger partial charge < -0.3 is 4.90 Å². The Bertz CT molecular complexity index is 1470. The molecule has 6 rings (SSSR count). The molecule has 0 aliphatic carbocycles. The van der Waals surface area contributed by atoms with Crippen LogP contribution < -0.4 is 14.7 Å².